The highest BCUT2D eigenvalue weighted by Crippen LogP contribution is 2.46. The van der Waals surface area contributed by atoms with Gasteiger partial charge in [0.05, 0.1) is 18.2 Å². The lowest BCUT2D eigenvalue weighted by Crippen LogP contribution is -2.35. The van der Waals surface area contributed by atoms with E-state index in [0.29, 0.717) is 24.1 Å². The van der Waals surface area contributed by atoms with Crippen LogP contribution in [0.2, 0.25) is 0 Å². The zero-order valence-electron chi connectivity index (χ0n) is 12.6. The van der Waals surface area contributed by atoms with Crippen molar-refractivity contribution < 1.29 is 19.4 Å². The summed E-state index contributed by atoms with van der Waals surface area (Å²) in [6, 6.07) is 8.31. The third-order valence-corrected chi connectivity index (χ3v) is 4.06. The zero-order valence-corrected chi connectivity index (χ0v) is 12.6. The highest BCUT2D eigenvalue weighted by Gasteiger charge is 2.51. The van der Waals surface area contributed by atoms with Gasteiger partial charge in [0.15, 0.2) is 0 Å². The Morgan fingerprint density at radius 3 is 2.78 bits per heavy atom. The van der Waals surface area contributed by atoms with Gasteiger partial charge in [-0.05, 0) is 31.0 Å². The van der Waals surface area contributed by atoms with Gasteiger partial charge >= 0.3 is 5.97 Å². The molecule has 0 saturated heterocycles. The average molecular weight is 315 g/mol. The normalized spacial score (nSPS) is 15.0. The number of carbonyl (C=O) groups is 2. The van der Waals surface area contributed by atoms with Crippen molar-refractivity contribution in [2.75, 3.05) is 13.7 Å². The largest absolute Gasteiger partial charge is 0.507 e. The lowest BCUT2D eigenvalue weighted by atomic mass is 10.1. The molecule has 1 amide bonds. The number of para-hydroxylation sites is 1. The fourth-order valence-electron chi connectivity index (χ4n) is 2.43. The molecular formula is C16H17N3O4. The zero-order chi connectivity index (χ0) is 16.4. The number of phenolic OH excluding ortho intramolecular Hbond substituents is 1. The van der Waals surface area contributed by atoms with E-state index in [1.165, 1.54) is 7.11 Å². The quantitative estimate of drug-likeness (QED) is 0.725. The van der Waals surface area contributed by atoms with Crippen LogP contribution in [0.25, 0.3) is 11.3 Å². The number of aromatic amines is 1. The summed E-state index contributed by atoms with van der Waals surface area (Å²) in [5.74, 6) is -0.555. The molecule has 120 valence electrons. The average Bonchev–Trinajstić information content (AvgIpc) is 3.20. The first-order valence-electron chi connectivity index (χ1n) is 7.26. The molecule has 7 heteroatoms. The molecule has 0 bridgehead atoms. The van der Waals surface area contributed by atoms with E-state index in [0.717, 1.165) is 0 Å². The number of esters is 1. The van der Waals surface area contributed by atoms with Crippen LogP contribution in [-0.4, -0.2) is 40.8 Å². The van der Waals surface area contributed by atoms with Crippen LogP contribution in [0.5, 0.6) is 5.75 Å². The number of phenols is 1. The lowest BCUT2D eigenvalue weighted by molar-refractivity contribution is -0.146. The molecule has 0 unspecified atom stereocenters. The monoisotopic (exact) mass is 315 g/mol. The Kier molecular flexibility index (Phi) is 3.77. The number of H-pyrrole nitrogens is 1. The number of amides is 1. The number of nitrogens with one attached hydrogen (secondary N) is 2. The van der Waals surface area contributed by atoms with Crippen molar-refractivity contribution in [2.24, 2.45) is 5.41 Å². The van der Waals surface area contributed by atoms with Crippen LogP contribution in [0.3, 0.4) is 0 Å². The second-order valence-corrected chi connectivity index (χ2v) is 5.64. The summed E-state index contributed by atoms with van der Waals surface area (Å²) in [6.45, 7) is 0.240. The van der Waals surface area contributed by atoms with Gasteiger partial charge in [-0.3, -0.25) is 14.7 Å². The molecule has 3 rings (SSSR count). The van der Waals surface area contributed by atoms with Crippen LogP contribution in [0.4, 0.5) is 0 Å². The van der Waals surface area contributed by atoms with E-state index >= 15 is 0 Å². The van der Waals surface area contributed by atoms with Crippen LogP contribution < -0.4 is 5.32 Å². The molecule has 3 N–H and O–H groups in total. The van der Waals surface area contributed by atoms with Gasteiger partial charge < -0.3 is 15.2 Å². The highest BCUT2D eigenvalue weighted by atomic mass is 16.5. The van der Waals surface area contributed by atoms with Crippen molar-refractivity contribution in [3.05, 3.63) is 36.0 Å². The number of methoxy groups -OCH3 is 1. The SMILES string of the molecule is COC(=O)C1(CNC(=O)c2cc(-c3ccccc3O)n[nH]2)CC1. The van der Waals surface area contributed by atoms with Gasteiger partial charge in [0, 0.05) is 12.1 Å². The van der Waals surface area contributed by atoms with Gasteiger partial charge in [0.1, 0.15) is 11.4 Å². The Hall–Kier alpha value is -2.83. The second kappa shape index (κ2) is 5.75. The third kappa shape index (κ3) is 2.90. The second-order valence-electron chi connectivity index (χ2n) is 5.64. The molecule has 23 heavy (non-hydrogen) atoms. The van der Waals surface area contributed by atoms with Crippen LogP contribution in [0.15, 0.2) is 30.3 Å². The molecule has 7 nitrogen and oxygen atoms in total. The summed E-state index contributed by atoms with van der Waals surface area (Å²) in [7, 11) is 1.34. The summed E-state index contributed by atoms with van der Waals surface area (Å²) in [5.41, 5.74) is 0.701. The summed E-state index contributed by atoms with van der Waals surface area (Å²) < 4.78 is 4.75. The Balaban J connectivity index is 1.68. The van der Waals surface area contributed by atoms with Crippen molar-refractivity contribution >= 4 is 11.9 Å². The number of aromatic nitrogens is 2. The minimum absolute atomic E-state index is 0.0913. The number of rotatable bonds is 5. The molecule has 1 aliphatic carbocycles. The van der Waals surface area contributed by atoms with E-state index < -0.39 is 5.41 Å². The number of carbonyl (C=O) groups excluding carboxylic acids is 2. The molecule has 0 spiro atoms. The molecule has 0 aliphatic heterocycles. The molecule has 1 aliphatic rings. The van der Waals surface area contributed by atoms with E-state index in [4.69, 9.17) is 4.74 Å². The minimum Gasteiger partial charge on any atom is -0.507 e. The van der Waals surface area contributed by atoms with Gasteiger partial charge in [-0.2, -0.15) is 5.10 Å². The minimum atomic E-state index is -0.578. The first kappa shape index (κ1) is 15.1. The third-order valence-electron chi connectivity index (χ3n) is 4.06. The van der Waals surface area contributed by atoms with Gasteiger partial charge in [-0.15, -0.1) is 0 Å². The van der Waals surface area contributed by atoms with Crippen LogP contribution in [-0.2, 0) is 9.53 Å². The van der Waals surface area contributed by atoms with E-state index in [1.807, 2.05) is 0 Å². The predicted molar refractivity (Wildman–Crippen MR) is 81.7 cm³/mol. The summed E-state index contributed by atoms with van der Waals surface area (Å²) in [5, 5.41) is 19.2. The smallest absolute Gasteiger partial charge is 0.313 e. The number of hydrogen-bond acceptors (Lipinski definition) is 5. The molecule has 1 fully saturated rings. The predicted octanol–water partition coefficient (Wildman–Crippen LogP) is 1.47. The van der Waals surface area contributed by atoms with Gasteiger partial charge in [0.25, 0.3) is 5.91 Å². The van der Waals surface area contributed by atoms with E-state index in [-0.39, 0.29) is 29.9 Å². The number of aromatic hydroxyl groups is 1. The van der Waals surface area contributed by atoms with Crippen LogP contribution >= 0.6 is 0 Å². The molecular weight excluding hydrogens is 298 g/mol. The van der Waals surface area contributed by atoms with Gasteiger partial charge in [-0.1, -0.05) is 12.1 Å². The Morgan fingerprint density at radius 1 is 1.39 bits per heavy atom. The summed E-state index contributed by atoms with van der Waals surface area (Å²) in [4.78, 5) is 23.8. The van der Waals surface area contributed by atoms with Crippen LogP contribution in [0.1, 0.15) is 23.3 Å². The number of ether oxygens (including phenoxy) is 1. The maximum absolute atomic E-state index is 12.2. The molecule has 0 atom stereocenters. The van der Waals surface area contributed by atoms with Crippen molar-refractivity contribution in [1.29, 1.82) is 0 Å². The summed E-state index contributed by atoms with van der Waals surface area (Å²) in [6.07, 6.45) is 1.43. The van der Waals surface area contributed by atoms with E-state index in [1.54, 1.807) is 30.3 Å². The highest BCUT2D eigenvalue weighted by molar-refractivity contribution is 5.94. The number of hydrogen-bond donors (Lipinski definition) is 3. The fraction of sp³-hybridized carbons (Fsp3) is 0.312. The Labute approximate surface area is 132 Å². The topological polar surface area (TPSA) is 104 Å². The molecule has 1 aromatic heterocycles. The first-order chi connectivity index (χ1) is 11.1. The van der Waals surface area contributed by atoms with Crippen molar-refractivity contribution in [3.63, 3.8) is 0 Å². The Morgan fingerprint density at radius 2 is 2.13 bits per heavy atom. The fourth-order valence-corrected chi connectivity index (χ4v) is 2.43. The standard InChI is InChI=1S/C16H17N3O4/c1-23-15(22)16(6-7-16)9-17-14(21)12-8-11(18-19-12)10-4-2-3-5-13(10)20/h2-5,8,20H,6-7,9H2,1H3,(H,17,21)(H,18,19). The summed E-state index contributed by atoms with van der Waals surface area (Å²) >= 11 is 0. The molecule has 1 aromatic carbocycles. The van der Waals surface area contributed by atoms with Crippen molar-refractivity contribution in [2.45, 2.75) is 12.8 Å². The first-order valence-corrected chi connectivity index (χ1v) is 7.26. The van der Waals surface area contributed by atoms with Gasteiger partial charge in [-0.25, -0.2) is 0 Å². The van der Waals surface area contributed by atoms with Crippen molar-refractivity contribution in [3.8, 4) is 17.0 Å². The maximum Gasteiger partial charge on any atom is 0.313 e. The van der Waals surface area contributed by atoms with Gasteiger partial charge in [0.2, 0.25) is 0 Å². The molecule has 1 heterocycles. The number of benzene rings is 1. The Bertz CT molecular complexity index is 749. The van der Waals surface area contributed by atoms with E-state index in [9.17, 15) is 14.7 Å². The van der Waals surface area contributed by atoms with Crippen LogP contribution in [0, 0.1) is 5.41 Å². The molecule has 2 aromatic rings. The molecule has 0 radical (unpaired) electrons. The maximum atomic E-state index is 12.2. The molecule has 1 saturated carbocycles. The lowest BCUT2D eigenvalue weighted by Gasteiger charge is -2.12. The number of nitrogens with zero attached hydrogens (tertiary/aromatic N) is 1. The van der Waals surface area contributed by atoms with E-state index in [2.05, 4.69) is 15.5 Å². The van der Waals surface area contributed by atoms with Crippen molar-refractivity contribution in [1.82, 2.24) is 15.5 Å².